The van der Waals surface area contributed by atoms with Gasteiger partial charge >= 0.3 is 5.97 Å². The Kier molecular flexibility index (Phi) is 4.81. The number of rotatable bonds is 5. The molecule has 1 N–H and O–H groups in total. The van der Waals surface area contributed by atoms with Crippen LogP contribution in [0.1, 0.15) is 12.5 Å². The number of aromatic nitrogens is 3. The maximum atomic E-state index is 11.9. The van der Waals surface area contributed by atoms with Crippen LogP contribution in [0.15, 0.2) is 53.7 Å². The van der Waals surface area contributed by atoms with E-state index in [1.54, 1.807) is 31.2 Å². The Morgan fingerprint density at radius 3 is 2.62 bits per heavy atom. The second-order valence-corrected chi connectivity index (χ2v) is 3.94. The van der Waals surface area contributed by atoms with E-state index in [0.717, 1.165) is 0 Å². The van der Waals surface area contributed by atoms with Crippen molar-refractivity contribution < 1.29 is 14.6 Å². The van der Waals surface area contributed by atoms with Crippen molar-refractivity contribution in [1.82, 2.24) is 14.9 Å². The van der Waals surface area contributed by atoms with Gasteiger partial charge in [0.2, 0.25) is 0 Å². The molecule has 0 radical (unpaired) electrons. The third-order valence-corrected chi connectivity index (χ3v) is 2.52. The van der Waals surface area contributed by atoms with Crippen molar-refractivity contribution in [2.24, 2.45) is 5.10 Å². The molecule has 7 heteroatoms. The minimum atomic E-state index is -0.657. The molecule has 0 aliphatic rings. The average molecular weight is 286 g/mol. The topological polar surface area (TPSA) is 89.6 Å². The normalized spacial score (nSPS) is 12.2. The summed E-state index contributed by atoms with van der Waals surface area (Å²) in [7, 11) is 0. The highest BCUT2D eigenvalue weighted by atomic mass is 16.5. The van der Waals surface area contributed by atoms with E-state index in [9.17, 15) is 9.90 Å². The lowest BCUT2D eigenvalue weighted by molar-refractivity contribution is -0.137. The smallest absolute Gasteiger partial charge is 0.343 e. The van der Waals surface area contributed by atoms with E-state index in [1.165, 1.54) is 23.5 Å². The molecule has 2 rings (SSSR count). The van der Waals surface area contributed by atoms with Gasteiger partial charge < -0.3 is 9.84 Å². The Bertz CT molecular complexity index is 648. The van der Waals surface area contributed by atoms with E-state index in [1.807, 2.05) is 6.07 Å². The lowest BCUT2D eigenvalue weighted by Gasteiger charge is -2.06. The molecule has 0 aliphatic carbocycles. The maximum absolute atomic E-state index is 11.9. The number of carbonyl (C=O) groups excluding carboxylic acids is 1. The van der Waals surface area contributed by atoms with Crippen molar-refractivity contribution in [1.29, 1.82) is 0 Å². The highest BCUT2D eigenvalue weighted by molar-refractivity contribution is 6.14. The van der Waals surface area contributed by atoms with Gasteiger partial charge in [-0.05, 0) is 6.92 Å². The van der Waals surface area contributed by atoms with Gasteiger partial charge in [0.1, 0.15) is 24.0 Å². The van der Waals surface area contributed by atoms with Gasteiger partial charge in [0.05, 0.1) is 12.8 Å². The minimum Gasteiger partial charge on any atom is -0.506 e. The fourth-order valence-electron chi connectivity index (χ4n) is 1.55. The van der Waals surface area contributed by atoms with E-state index in [4.69, 9.17) is 4.74 Å². The monoisotopic (exact) mass is 286 g/mol. The number of aliphatic hydroxyl groups excluding tert-OH is 1. The number of nitrogens with zero attached hydrogens (tertiary/aromatic N) is 4. The number of hydrogen-bond acceptors (Lipinski definition) is 6. The summed E-state index contributed by atoms with van der Waals surface area (Å²) in [6.07, 6.45) is 3.93. The number of ether oxygens (including phenoxy) is 1. The summed E-state index contributed by atoms with van der Waals surface area (Å²) in [6.45, 7) is 1.89. The molecule has 1 aromatic heterocycles. The Morgan fingerprint density at radius 2 is 2.00 bits per heavy atom. The van der Waals surface area contributed by atoms with E-state index in [0.29, 0.717) is 5.56 Å². The van der Waals surface area contributed by atoms with Gasteiger partial charge in [0.15, 0.2) is 0 Å². The van der Waals surface area contributed by atoms with E-state index in [2.05, 4.69) is 15.3 Å². The molecule has 0 saturated heterocycles. The van der Waals surface area contributed by atoms with Crippen LogP contribution in [-0.4, -0.2) is 38.8 Å². The predicted molar refractivity (Wildman–Crippen MR) is 76.5 cm³/mol. The zero-order valence-electron chi connectivity index (χ0n) is 11.4. The van der Waals surface area contributed by atoms with E-state index >= 15 is 0 Å². The molecule has 0 fully saturated rings. The number of hydrogen-bond donors (Lipinski definition) is 1. The predicted octanol–water partition coefficient (Wildman–Crippen LogP) is 1.64. The molecule has 0 amide bonds. The van der Waals surface area contributed by atoms with Crippen molar-refractivity contribution >= 4 is 17.9 Å². The lowest BCUT2D eigenvalue weighted by Crippen LogP contribution is -2.11. The van der Waals surface area contributed by atoms with E-state index in [-0.39, 0.29) is 17.9 Å². The van der Waals surface area contributed by atoms with Crippen molar-refractivity contribution in [2.75, 3.05) is 6.61 Å². The molecule has 0 spiro atoms. The Hall–Kier alpha value is -2.96. The number of carbonyl (C=O) groups is 1. The first-order valence-electron chi connectivity index (χ1n) is 6.27. The zero-order valence-corrected chi connectivity index (χ0v) is 11.4. The van der Waals surface area contributed by atoms with Crippen molar-refractivity contribution in [3.63, 3.8) is 0 Å². The van der Waals surface area contributed by atoms with Crippen LogP contribution in [0.5, 0.6) is 0 Å². The Labute approximate surface area is 121 Å². The molecule has 21 heavy (non-hydrogen) atoms. The van der Waals surface area contributed by atoms with E-state index < -0.39 is 5.97 Å². The largest absolute Gasteiger partial charge is 0.506 e. The summed E-state index contributed by atoms with van der Waals surface area (Å²) < 4.78 is 6.23. The molecule has 0 saturated carbocycles. The van der Waals surface area contributed by atoms with Crippen molar-refractivity contribution in [3.05, 3.63) is 54.1 Å². The molecule has 2 aromatic rings. The highest BCUT2D eigenvalue weighted by Gasteiger charge is 2.16. The van der Waals surface area contributed by atoms with Crippen LogP contribution in [0.4, 0.5) is 0 Å². The number of esters is 1. The summed E-state index contributed by atoms with van der Waals surface area (Å²) in [5, 5.41) is 21.4. The first-order valence-corrected chi connectivity index (χ1v) is 6.27. The van der Waals surface area contributed by atoms with Crippen LogP contribution in [0, 0.1) is 0 Å². The molecule has 7 nitrogen and oxygen atoms in total. The molecule has 1 aromatic carbocycles. The molecular weight excluding hydrogens is 272 g/mol. The minimum absolute atomic E-state index is 0.0447. The van der Waals surface area contributed by atoms with Crippen LogP contribution in [0.3, 0.4) is 0 Å². The number of aliphatic hydroxyl groups is 1. The Morgan fingerprint density at radius 1 is 1.33 bits per heavy atom. The zero-order chi connectivity index (χ0) is 15.1. The fourth-order valence-corrected chi connectivity index (χ4v) is 1.55. The lowest BCUT2D eigenvalue weighted by atomic mass is 10.1. The maximum Gasteiger partial charge on any atom is 0.343 e. The summed E-state index contributed by atoms with van der Waals surface area (Å²) >= 11 is 0. The Balaban J connectivity index is 2.38. The van der Waals surface area contributed by atoms with Crippen LogP contribution in [-0.2, 0) is 9.53 Å². The van der Waals surface area contributed by atoms with Gasteiger partial charge in [-0.3, -0.25) is 0 Å². The molecule has 0 atom stereocenters. The molecule has 0 unspecified atom stereocenters. The SMILES string of the molecule is CCOC(=O)C(C=Nn1cnnc1)=C(O)c1ccccc1. The first kappa shape index (κ1) is 14.4. The highest BCUT2D eigenvalue weighted by Crippen LogP contribution is 2.15. The van der Waals surface area contributed by atoms with Crippen LogP contribution < -0.4 is 0 Å². The second kappa shape index (κ2) is 6.99. The van der Waals surface area contributed by atoms with Crippen molar-refractivity contribution in [3.8, 4) is 0 Å². The van der Waals surface area contributed by atoms with Gasteiger partial charge in [0, 0.05) is 5.56 Å². The molecule has 1 heterocycles. The second-order valence-electron chi connectivity index (χ2n) is 3.94. The van der Waals surface area contributed by atoms with Gasteiger partial charge in [-0.25, -0.2) is 9.47 Å². The number of benzene rings is 1. The third-order valence-electron chi connectivity index (χ3n) is 2.52. The summed E-state index contributed by atoms with van der Waals surface area (Å²) in [5.74, 6) is -0.860. The standard InChI is InChI=1S/C14H14N4O3/c1-2-21-14(20)12(8-17-18-9-15-16-10-18)13(19)11-6-4-3-5-7-11/h3-10,19H,2H2,1H3. The first-order chi connectivity index (χ1) is 10.2. The summed E-state index contributed by atoms with van der Waals surface area (Å²) in [4.78, 5) is 11.9. The van der Waals surface area contributed by atoms with Crippen LogP contribution in [0.2, 0.25) is 0 Å². The average Bonchev–Trinajstić information content (AvgIpc) is 3.02. The van der Waals surface area contributed by atoms with Gasteiger partial charge in [-0.1, -0.05) is 30.3 Å². The van der Waals surface area contributed by atoms with Gasteiger partial charge in [-0.2, -0.15) is 5.10 Å². The van der Waals surface area contributed by atoms with Gasteiger partial charge in [-0.15, -0.1) is 10.2 Å². The fraction of sp³-hybridized carbons (Fsp3) is 0.143. The molecule has 0 aliphatic heterocycles. The summed E-state index contributed by atoms with van der Waals surface area (Å²) in [5.41, 5.74) is 0.451. The van der Waals surface area contributed by atoms with Gasteiger partial charge in [0.25, 0.3) is 0 Å². The third kappa shape index (κ3) is 3.75. The van der Waals surface area contributed by atoms with Crippen molar-refractivity contribution in [2.45, 2.75) is 6.92 Å². The summed E-state index contributed by atoms with van der Waals surface area (Å²) in [6, 6.07) is 8.69. The molecule has 0 bridgehead atoms. The van der Waals surface area contributed by atoms with Crippen LogP contribution >= 0.6 is 0 Å². The molecular formula is C14H14N4O3. The quantitative estimate of drug-likeness (QED) is 0.390. The molecule has 108 valence electrons. The van der Waals surface area contributed by atoms with Crippen LogP contribution in [0.25, 0.3) is 5.76 Å².